The lowest BCUT2D eigenvalue weighted by molar-refractivity contribution is 0.0697. The average molecular weight is 434 g/mol. The van der Waals surface area contributed by atoms with E-state index in [1.54, 1.807) is 13.1 Å². The number of aromatic carboxylic acids is 1. The van der Waals surface area contributed by atoms with Crippen LogP contribution >= 0.6 is 0 Å². The SMILES string of the molecule is C[C@@H](O)C1=CCC(N(C)c2ccc3c(c2)CCC[C@H]3CNc2cnccc2C(=O)O)C=C1. The summed E-state index contributed by atoms with van der Waals surface area (Å²) in [5.41, 5.74) is 5.71. The van der Waals surface area contributed by atoms with E-state index in [9.17, 15) is 15.0 Å². The molecular weight excluding hydrogens is 402 g/mol. The van der Waals surface area contributed by atoms with Crippen LogP contribution in [0.25, 0.3) is 0 Å². The van der Waals surface area contributed by atoms with Gasteiger partial charge in [-0.1, -0.05) is 24.3 Å². The zero-order chi connectivity index (χ0) is 22.7. The number of carboxylic acids is 1. The molecule has 0 saturated carbocycles. The third-order valence-electron chi connectivity index (χ3n) is 6.65. The molecule has 168 valence electrons. The minimum Gasteiger partial charge on any atom is -0.478 e. The lowest BCUT2D eigenvalue weighted by Gasteiger charge is -2.32. The molecule has 3 N–H and O–H groups in total. The Bertz CT molecular complexity index is 1040. The third kappa shape index (κ3) is 4.70. The monoisotopic (exact) mass is 433 g/mol. The topological polar surface area (TPSA) is 85.7 Å². The number of carbonyl (C=O) groups is 1. The number of benzene rings is 1. The highest BCUT2D eigenvalue weighted by Crippen LogP contribution is 2.35. The van der Waals surface area contributed by atoms with Crippen LogP contribution in [-0.2, 0) is 6.42 Å². The molecule has 1 unspecified atom stereocenters. The number of anilines is 2. The number of rotatable bonds is 7. The fourth-order valence-corrected chi connectivity index (χ4v) is 4.70. The van der Waals surface area contributed by atoms with Gasteiger partial charge in [-0.05, 0) is 67.5 Å². The second-order valence-electron chi connectivity index (χ2n) is 8.73. The van der Waals surface area contributed by atoms with Crippen LogP contribution in [0.4, 0.5) is 11.4 Å². The van der Waals surface area contributed by atoms with Crippen molar-refractivity contribution in [1.82, 2.24) is 4.98 Å². The molecule has 0 radical (unpaired) electrons. The minimum absolute atomic E-state index is 0.251. The zero-order valence-corrected chi connectivity index (χ0v) is 18.7. The number of aliphatic hydroxyl groups is 1. The first-order valence-corrected chi connectivity index (χ1v) is 11.3. The maximum Gasteiger partial charge on any atom is 0.337 e. The molecule has 3 atom stereocenters. The van der Waals surface area contributed by atoms with Gasteiger partial charge in [0.25, 0.3) is 0 Å². The maximum absolute atomic E-state index is 11.5. The Morgan fingerprint density at radius 1 is 1.34 bits per heavy atom. The van der Waals surface area contributed by atoms with E-state index in [0.717, 1.165) is 31.3 Å². The highest BCUT2D eigenvalue weighted by Gasteiger charge is 2.23. The number of nitrogens with one attached hydrogen (secondary N) is 1. The van der Waals surface area contributed by atoms with Crippen molar-refractivity contribution in [3.63, 3.8) is 0 Å². The second kappa shape index (κ2) is 9.57. The van der Waals surface area contributed by atoms with Gasteiger partial charge in [0.2, 0.25) is 0 Å². The van der Waals surface area contributed by atoms with Gasteiger partial charge in [0.15, 0.2) is 0 Å². The number of fused-ring (bicyclic) bond motifs is 1. The highest BCUT2D eigenvalue weighted by molar-refractivity contribution is 5.93. The van der Waals surface area contributed by atoms with Crippen molar-refractivity contribution in [3.05, 3.63) is 77.2 Å². The Labute approximate surface area is 189 Å². The first kappa shape index (κ1) is 22.1. The van der Waals surface area contributed by atoms with Crippen molar-refractivity contribution in [2.75, 3.05) is 23.8 Å². The fourth-order valence-electron chi connectivity index (χ4n) is 4.70. The Morgan fingerprint density at radius 2 is 2.19 bits per heavy atom. The number of nitrogens with zero attached hydrogens (tertiary/aromatic N) is 2. The standard InChI is InChI=1S/C26H31N3O3/c1-17(30)18-6-8-21(9-7-18)29(2)22-10-11-23-19(14-22)4-3-5-20(23)15-28-25-16-27-13-12-24(25)26(31)32/h6-8,10-14,16-17,20-21,28,30H,3-5,9,15H2,1-2H3,(H,31,32)/t17-,20+,21?/m1/s1. The predicted molar refractivity (Wildman–Crippen MR) is 128 cm³/mol. The lowest BCUT2D eigenvalue weighted by atomic mass is 9.82. The van der Waals surface area contributed by atoms with Crippen LogP contribution in [-0.4, -0.2) is 46.9 Å². The van der Waals surface area contributed by atoms with Gasteiger partial charge in [0.1, 0.15) is 0 Å². The molecule has 0 spiro atoms. The van der Waals surface area contributed by atoms with Crippen LogP contribution in [0.3, 0.4) is 0 Å². The first-order valence-electron chi connectivity index (χ1n) is 11.3. The molecule has 2 aromatic rings. The second-order valence-corrected chi connectivity index (χ2v) is 8.73. The van der Waals surface area contributed by atoms with Crippen molar-refractivity contribution < 1.29 is 15.0 Å². The van der Waals surface area contributed by atoms with Crippen LogP contribution < -0.4 is 10.2 Å². The third-order valence-corrected chi connectivity index (χ3v) is 6.65. The van der Waals surface area contributed by atoms with Crippen molar-refractivity contribution in [2.24, 2.45) is 0 Å². The molecule has 6 heteroatoms. The van der Waals surface area contributed by atoms with Gasteiger partial charge in [-0.2, -0.15) is 0 Å². The molecule has 1 heterocycles. The Kier molecular flexibility index (Phi) is 6.61. The lowest BCUT2D eigenvalue weighted by Crippen LogP contribution is -2.31. The predicted octanol–water partition coefficient (Wildman–Crippen LogP) is 4.38. The van der Waals surface area contributed by atoms with Crippen molar-refractivity contribution in [1.29, 1.82) is 0 Å². The number of hydrogen-bond acceptors (Lipinski definition) is 5. The number of hydrogen-bond donors (Lipinski definition) is 3. The molecule has 0 fully saturated rings. The van der Waals surface area contributed by atoms with Gasteiger partial charge in [0.05, 0.1) is 29.6 Å². The minimum atomic E-state index is -0.946. The number of carboxylic acid groups (broad SMARTS) is 1. The number of aryl methyl sites for hydroxylation is 1. The van der Waals surface area contributed by atoms with Gasteiger partial charge in [-0.3, -0.25) is 4.98 Å². The molecule has 0 bridgehead atoms. The molecule has 2 aliphatic carbocycles. The summed E-state index contributed by atoms with van der Waals surface area (Å²) in [6.45, 7) is 2.48. The molecule has 1 aromatic heterocycles. The van der Waals surface area contributed by atoms with Crippen molar-refractivity contribution >= 4 is 17.3 Å². The number of pyridine rings is 1. The molecule has 6 nitrogen and oxygen atoms in total. The zero-order valence-electron chi connectivity index (χ0n) is 18.7. The quantitative estimate of drug-likeness (QED) is 0.601. The van der Waals surface area contributed by atoms with E-state index in [1.807, 2.05) is 6.08 Å². The Balaban J connectivity index is 1.46. The van der Waals surface area contributed by atoms with Crippen LogP contribution in [0.15, 0.2) is 60.5 Å². The van der Waals surface area contributed by atoms with Crippen LogP contribution in [0, 0.1) is 0 Å². The maximum atomic E-state index is 11.5. The fraction of sp³-hybridized carbons (Fsp3) is 0.385. The summed E-state index contributed by atoms with van der Waals surface area (Å²) < 4.78 is 0. The molecule has 0 amide bonds. The molecule has 1 aromatic carbocycles. The highest BCUT2D eigenvalue weighted by atomic mass is 16.4. The first-order chi connectivity index (χ1) is 15.4. The van der Waals surface area contributed by atoms with E-state index >= 15 is 0 Å². The van der Waals surface area contributed by atoms with E-state index in [4.69, 9.17) is 0 Å². The molecule has 0 aliphatic heterocycles. The summed E-state index contributed by atoms with van der Waals surface area (Å²) in [7, 11) is 2.12. The summed E-state index contributed by atoms with van der Waals surface area (Å²) >= 11 is 0. The van der Waals surface area contributed by atoms with Gasteiger partial charge in [-0.15, -0.1) is 0 Å². The van der Waals surface area contributed by atoms with E-state index in [2.05, 4.69) is 52.6 Å². The van der Waals surface area contributed by atoms with Crippen LogP contribution in [0.1, 0.15) is 53.6 Å². The molecule has 2 aliphatic rings. The normalized spacial score (nSPS) is 20.8. The van der Waals surface area contributed by atoms with E-state index < -0.39 is 12.1 Å². The van der Waals surface area contributed by atoms with Gasteiger partial charge in [0, 0.05) is 31.4 Å². The summed E-state index contributed by atoms with van der Waals surface area (Å²) in [6, 6.07) is 8.52. The summed E-state index contributed by atoms with van der Waals surface area (Å²) in [6.07, 6.45) is 13.1. The van der Waals surface area contributed by atoms with E-state index in [1.165, 1.54) is 29.1 Å². The smallest absolute Gasteiger partial charge is 0.337 e. The molecule has 32 heavy (non-hydrogen) atoms. The molecule has 0 saturated heterocycles. The summed E-state index contributed by atoms with van der Waals surface area (Å²) in [5.74, 6) is -0.607. The largest absolute Gasteiger partial charge is 0.478 e. The Morgan fingerprint density at radius 3 is 2.91 bits per heavy atom. The number of likely N-dealkylation sites (N-methyl/N-ethyl adjacent to an activating group) is 1. The van der Waals surface area contributed by atoms with Crippen molar-refractivity contribution in [3.8, 4) is 0 Å². The average Bonchev–Trinajstić information content (AvgIpc) is 2.82. The van der Waals surface area contributed by atoms with Gasteiger partial charge >= 0.3 is 5.97 Å². The van der Waals surface area contributed by atoms with Crippen molar-refractivity contribution in [2.45, 2.75) is 50.7 Å². The van der Waals surface area contributed by atoms with E-state index in [0.29, 0.717) is 18.2 Å². The summed E-state index contributed by atoms with van der Waals surface area (Å²) in [5, 5.41) is 22.5. The summed E-state index contributed by atoms with van der Waals surface area (Å²) in [4.78, 5) is 17.8. The molecular formula is C26H31N3O3. The number of aliphatic hydroxyl groups excluding tert-OH is 1. The van der Waals surface area contributed by atoms with Crippen LogP contribution in [0.2, 0.25) is 0 Å². The molecule has 4 rings (SSSR count). The van der Waals surface area contributed by atoms with Gasteiger partial charge < -0.3 is 20.4 Å². The van der Waals surface area contributed by atoms with E-state index in [-0.39, 0.29) is 11.6 Å². The number of aromatic nitrogens is 1. The Hall–Kier alpha value is -3.12. The van der Waals surface area contributed by atoms with Gasteiger partial charge in [-0.25, -0.2) is 4.79 Å². The van der Waals surface area contributed by atoms with Crippen LogP contribution in [0.5, 0.6) is 0 Å².